The van der Waals surface area contributed by atoms with Crippen LogP contribution in [0.2, 0.25) is 0 Å². The van der Waals surface area contributed by atoms with Gasteiger partial charge in [0.1, 0.15) is 17.5 Å². The summed E-state index contributed by atoms with van der Waals surface area (Å²) in [4.78, 5) is 5.61. The Balaban J connectivity index is 2.41. The average Bonchev–Trinajstić information content (AvgIpc) is 2.93. The lowest BCUT2D eigenvalue weighted by atomic mass is 10.1. The molecule has 0 aliphatic carbocycles. The van der Waals surface area contributed by atoms with Gasteiger partial charge in [-0.15, -0.1) is 0 Å². The van der Waals surface area contributed by atoms with E-state index >= 15 is 0 Å². The van der Waals surface area contributed by atoms with Crippen LogP contribution in [0.25, 0.3) is 0 Å². The molecule has 0 N–H and O–H groups in total. The zero-order valence-corrected chi connectivity index (χ0v) is 13.0. The normalized spacial score (nSPS) is 11.3. The van der Waals surface area contributed by atoms with Gasteiger partial charge in [-0.1, -0.05) is 0 Å². The van der Waals surface area contributed by atoms with Gasteiger partial charge in [0.25, 0.3) is 0 Å². The van der Waals surface area contributed by atoms with E-state index in [0.717, 1.165) is 6.07 Å². The van der Waals surface area contributed by atoms with Crippen molar-refractivity contribution in [3.05, 3.63) is 40.8 Å². The maximum Gasteiger partial charge on any atom is 0.417 e. The third-order valence-electron chi connectivity index (χ3n) is 3.33. The minimum atomic E-state index is -4.60. The molecule has 122 valence electrons. The molecule has 0 atom stereocenters. The summed E-state index contributed by atoms with van der Waals surface area (Å²) in [7, 11) is 1.59. The minimum absolute atomic E-state index is 0.00544. The van der Waals surface area contributed by atoms with Crippen LogP contribution in [0.3, 0.4) is 0 Å². The smallest absolute Gasteiger partial charge is 0.353 e. The largest absolute Gasteiger partial charge is 0.417 e. The first-order chi connectivity index (χ1) is 10.8. The Kier molecular flexibility index (Phi) is 4.59. The average molecular weight is 323 g/mol. The molecule has 0 fully saturated rings. The highest BCUT2D eigenvalue weighted by molar-refractivity contribution is 5.59. The van der Waals surface area contributed by atoms with E-state index < -0.39 is 17.3 Å². The fourth-order valence-corrected chi connectivity index (χ4v) is 2.25. The number of aromatic nitrogens is 3. The van der Waals surface area contributed by atoms with Gasteiger partial charge in [0, 0.05) is 25.5 Å². The van der Waals surface area contributed by atoms with Crippen LogP contribution in [0.1, 0.15) is 29.4 Å². The fourth-order valence-electron chi connectivity index (χ4n) is 2.25. The summed E-state index contributed by atoms with van der Waals surface area (Å²) in [5, 5.41) is 13.5. The van der Waals surface area contributed by atoms with Crippen molar-refractivity contribution < 1.29 is 13.2 Å². The molecule has 23 heavy (non-hydrogen) atoms. The number of alkyl halides is 3. The van der Waals surface area contributed by atoms with Crippen LogP contribution in [0, 0.1) is 18.3 Å². The van der Waals surface area contributed by atoms with Crippen LogP contribution in [-0.4, -0.2) is 21.8 Å². The first kappa shape index (κ1) is 16.8. The van der Waals surface area contributed by atoms with E-state index in [1.807, 2.05) is 6.92 Å². The van der Waals surface area contributed by atoms with Crippen molar-refractivity contribution in [2.45, 2.75) is 33.1 Å². The molecule has 0 spiro atoms. The number of aryl methyl sites for hydroxylation is 2. The highest BCUT2D eigenvalue weighted by atomic mass is 19.4. The van der Waals surface area contributed by atoms with E-state index in [9.17, 15) is 18.4 Å². The highest BCUT2D eigenvalue weighted by Gasteiger charge is 2.36. The lowest BCUT2D eigenvalue weighted by Gasteiger charge is -2.21. The van der Waals surface area contributed by atoms with Crippen molar-refractivity contribution in [1.29, 1.82) is 5.26 Å². The molecule has 0 unspecified atom stereocenters. The molecule has 0 aromatic carbocycles. The Bertz CT molecular complexity index is 743. The summed E-state index contributed by atoms with van der Waals surface area (Å²) < 4.78 is 41.1. The molecule has 2 rings (SSSR count). The number of hydrogen-bond donors (Lipinski definition) is 0. The Morgan fingerprint density at radius 1 is 1.39 bits per heavy atom. The van der Waals surface area contributed by atoms with Gasteiger partial charge in [0.2, 0.25) is 0 Å². The lowest BCUT2D eigenvalue weighted by molar-refractivity contribution is -0.137. The number of rotatable bonds is 4. The van der Waals surface area contributed by atoms with Gasteiger partial charge in [0.15, 0.2) is 0 Å². The van der Waals surface area contributed by atoms with Gasteiger partial charge in [-0.2, -0.15) is 23.5 Å². The van der Waals surface area contributed by atoms with Crippen LogP contribution in [0.5, 0.6) is 0 Å². The molecule has 0 aliphatic rings. The van der Waals surface area contributed by atoms with E-state index in [4.69, 9.17) is 0 Å². The van der Waals surface area contributed by atoms with Gasteiger partial charge in [-0.25, -0.2) is 4.98 Å². The molecule has 0 bridgehead atoms. The van der Waals surface area contributed by atoms with E-state index in [0.29, 0.717) is 12.2 Å². The SMILES string of the molecule is CCn1ccc(CN(C)c2nc(C)cc(C(F)(F)F)c2C#N)n1. The van der Waals surface area contributed by atoms with Crippen molar-refractivity contribution in [3.8, 4) is 6.07 Å². The quantitative estimate of drug-likeness (QED) is 0.867. The molecule has 0 saturated heterocycles. The van der Waals surface area contributed by atoms with Crippen LogP contribution >= 0.6 is 0 Å². The highest BCUT2D eigenvalue weighted by Crippen LogP contribution is 2.35. The Hall–Kier alpha value is -2.56. The zero-order valence-electron chi connectivity index (χ0n) is 13.0. The topological polar surface area (TPSA) is 57.7 Å². The third-order valence-corrected chi connectivity index (χ3v) is 3.33. The molecule has 2 aromatic heterocycles. The van der Waals surface area contributed by atoms with Gasteiger partial charge in [-0.3, -0.25) is 4.68 Å². The van der Waals surface area contributed by atoms with Crippen molar-refractivity contribution >= 4 is 5.82 Å². The Morgan fingerprint density at radius 2 is 2.09 bits per heavy atom. The second-order valence-corrected chi connectivity index (χ2v) is 5.14. The van der Waals surface area contributed by atoms with E-state index in [1.165, 1.54) is 11.8 Å². The molecular formula is C15H16F3N5. The second kappa shape index (κ2) is 6.28. The zero-order chi connectivity index (χ0) is 17.2. The van der Waals surface area contributed by atoms with E-state index in [1.54, 1.807) is 30.1 Å². The standard InChI is InChI=1S/C15H16F3N5/c1-4-23-6-5-11(21-23)9-22(3)14-12(8-19)13(15(16,17)18)7-10(2)20-14/h5-7H,4,9H2,1-3H3. The molecular weight excluding hydrogens is 307 g/mol. The van der Waals surface area contributed by atoms with Crippen LogP contribution in [-0.2, 0) is 19.3 Å². The number of pyridine rings is 1. The summed E-state index contributed by atoms with van der Waals surface area (Å²) in [6.45, 7) is 4.37. The molecule has 0 amide bonds. The summed E-state index contributed by atoms with van der Waals surface area (Å²) in [6.07, 6.45) is -2.81. The molecule has 2 aromatic rings. The maximum absolute atomic E-state index is 13.1. The molecule has 0 radical (unpaired) electrons. The van der Waals surface area contributed by atoms with Crippen LogP contribution in [0.4, 0.5) is 19.0 Å². The molecule has 5 nitrogen and oxygen atoms in total. The number of nitriles is 1. The number of hydrogen-bond acceptors (Lipinski definition) is 4. The number of halogens is 3. The first-order valence-corrected chi connectivity index (χ1v) is 6.98. The second-order valence-electron chi connectivity index (χ2n) is 5.14. The minimum Gasteiger partial charge on any atom is -0.353 e. The van der Waals surface area contributed by atoms with E-state index in [2.05, 4.69) is 10.1 Å². The summed E-state index contributed by atoms with van der Waals surface area (Å²) in [5.74, 6) is 0.00544. The maximum atomic E-state index is 13.1. The van der Waals surface area contributed by atoms with Crippen molar-refractivity contribution in [2.24, 2.45) is 0 Å². The first-order valence-electron chi connectivity index (χ1n) is 6.98. The van der Waals surface area contributed by atoms with E-state index in [-0.39, 0.29) is 18.1 Å². The Morgan fingerprint density at radius 3 is 2.61 bits per heavy atom. The van der Waals surface area contributed by atoms with Crippen molar-refractivity contribution in [1.82, 2.24) is 14.8 Å². The predicted octanol–water partition coefficient (Wildman–Crippen LogP) is 3.13. The van der Waals surface area contributed by atoms with Gasteiger partial charge < -0.3 is 4.90 Å². The summed E-state index contributed by atoms with van der Waals surface area (Å²) >= 11 is 0. The van der Waals surface area contributed by atoms with Crippen molar-refractivity contribution in [3.63, 3.8) is 0 Å². The molecule has 0 aliphatic heterocycles. The van der Waals surface area contributed by atoms with Gasteiger partial charge in [0.05, 0.1) is 17.8 Å². The molecule has 0 saturated carbocycles. The number of nitrogens with zero attached hydrogens (tertiary/aromatic N) is 5. The predicted molar refractivity (Wildman–Crippen MR) is 78.7 cm³/mol. The van der Waals surface area contributed by atoms with Gasteiger partial charge in [-0.05, 0) is 26.0 Å². The fraction of sp³-hybridized carbons (Fsp3) is 0.400. The molecule has 2 heterocycles. The Labute approximate surface area is 132 Å². The lowest BCUT2D eigenvalue weighted by Crippen LogP contribution is -2.22. The van der Waals surface area contributed by atoms with Crippen LogP contribution < -0.4 is 4.90 Å². The third kappa shape index (κ3) is 3.62. The number of anilines is 1. The summed E-state index contributed by atoms with van der Waals surface area (Å²) in [6, 6.07) is 4.31. The monoisotopic (exact) mass is 323 g/mol. The summed E-state index contributed by atoms with van der Waals surface area (Å²) in [5.41, 5.74) is -0.540. The van der Waals surface area contributed by atoms with Gasteiger partial charge >= 0.3 is 6.18 Å². The molecule has 8 heteroatoms. The van der Waals surface area contributed by atoms with Crippen molar-refractivity contribution in [2.75, 3.05) is 11.9 Å². The van der Waals surface area contributed by atoms with Crippen LogP contribution in [0.15, 0.2) is 18.3 Å².